The standard InChI is InChI=1S/C15H15ClF2N2S.2ClH/c16-10-3-4-11(17)13(14(10)18)15(12-2-1-9-21-12)20-7-5-19-6-8-20;;/h1-4,9,15,19H,5-8H2;2*1H/t15-;;/m0../s1. The van der Waals surface area contributed by atoms with Gasteiger partial charge in [-0.3, -0.25) is 4.90 Å². The summed E-state index contributed by atoms with van der Waals surface area (Å²) in [5.74, 6) is -1.21. The van der Waals surface area contributed by atoms with Crippen molar-refractivity contribution in [3.63, 3.8) is 0 Å². The van der Waals surface area contributed by atoms with Crippen molar-refractivity contribution in [2.45, 2.75) is 6.04 Å². The van der Waals surface area contributed by atoms with Crippen molar-refractivity contribution in [2.24, 2.45) is 0 Å². The maximum absolute atomic E-state index is 14.4. The van der Waals surface area contributed by atoms with E-state index in [0.717, 1.165) is 31.1 Å². The first-order valence-corrected chi connectivity index (χ1v) is 8.06. The van der Waals surface area contributed by atoms with Gasteiger partial charge in [0.15, 0.2) is 0 Å². The maximum Gasteiger partial charge on any atom is 0.149 e. The molecule has 0 bridgehead atoms. The molecule has 1 aromatic carbocycles. The van der Waals surface area contributed by atoms with E-state index in [1.54, 1.807) is 0 Å². The van der Waals surface area contributed by atoms with Gasteiger partial charge in [-0.25, -0.2) is 8.78 Å². The second kappa shape index (κ2) is 9.16. The Kier molecular flexibility index (Phi) is 8.21. The molecule has 0 aliphatic carbocycles. The molecule has 0 amide bonds. The van der Waals surface area contributed by atoms with Crippen LogP contribution in [0.5, 0.6) is 0 Å². The fourth-order valence-electron chi connectivity index (χ4n) is 2.69. The number of nitrogens with zero attached hydrogens (tertiary/aromatic N) is 1. The van der Waals surface area contributed by atoms with E-state index in [9.17, 15) is 8.78 Å². The van der Waals surface area contributed by atoms with Crippen LogP contribution >= 0.6 is 47.8 Å². The van der Waals surface area contributed by atoms with Gasteiger partial charge in [-0.15, -0.1) is 36.2 Å². The maximum atomic E-state index is 14.4. The van der Waals surface area contributed by atoms with Crippen molar-refractivity contribution < 1.29 is 8.78 Å². The van der Waals surface area contributed by atoms with Crippen LogP contribution in [-0.4, -0.2) is 31.1 Å². The highest BCUT2D eigenvalue weighted by atomic mass is 35.5. The normalized spacial score (nSPS) is 16.3. The zero-order valence-corrected chi connectivity index (χ0v) is 15.3. The second-order valence-corrected chi connectivity index (χ2v) is 6.35. The van der Waals surface area contributed by atoms with Gasteiger partial charge in [0.05, 0.1) is 11.1 Å². The van der Waals surface area contributed by atoms with E-state index in [-0.39, 0.29) is 35.4 Å². The SMILES string of the molecule is Cl.Cl.Fc1ccc(Cl)c(F)c1[C@H](c1cccs1)N1CCNCC1. The van der Waals surface area contributed by atoms with Gasteiger partial charge in [0, 0.05) is 36.6 Å². The summed E-state index contributed by atoms with van der Waals surface area (Å²) in [6.07, 6.45) is 0. The molecule has 0 radical (unpaired) electrons. The van der Waals surface area contributed by atoms with Crippen LogP contribution in [0.25, 0.3) is 0 Å². The van der Waals surface area contributed by atoms with Gasteiger partial charge >= 0.3 is 0 Å². The summed E-state index contributed by atoms with van der Waals surface area (Å²) in [5, 5.41) is 5.14. The minimum atomic E-state index is -0.659. The average Bonchev–Trinajstić information content (AvgIpc) is 3.02. The molecule has 1 atom stereocenters. The van der Waals surface area contributed by atoms with Crippen LogP contribution in [0.4, 0.5) is 8.78 Å². The van der Waals surface area contributed by atoms with E-state index >= 15 is 0 Å². The third-order valence-corrected chi connectivity index (χ3v) is 4.90. The smallest absolute Gasteiger partial charge is 0.149 e. The monoisotopic (exact) mass is 400 g/mol. The number of thiophene rings is 1. The number of hydrogen-bond donors (Lipinski definition) is 1. The molecule has 128 valence electrons. The minimum Gasteiger partial charge on any atom is -0.314 e. The lowest BCUT2D eigenvalue weighted by Crippen LogP contribution is -2.45. The molecule has 1 aliphatic rings. The van der Waals surface area contributed by atoms with Crippen LogP contribution in [0.2, 0.25) is 5.02 Å². The highest BCUT2D eigenvalue weighted by Crippen LogP contribution is 2.36. The van der Waals surface area contributed by atoms with Crippen molar-refractivity contribution in [3.8, 4) is 0 Å². The predicted molar refractivity (Wildman–Crippen MR) is 96.5 cm³/mol. The zero-order chi connectivity index (χ0) is 14.8. The quantitative estimate of drug-likeness (QED) is 0.761. The Morgan fingerprint density at radius 3 is 2.43 bits per heavy atom. The molecule has 1 aliphatic heterocycles. The largest absolute Gasteiger partial charge is 0.314 e. The summed E-state index contributed by atoms with van der Waals surface area (Å²) in [4.78, 5) is 3.03. The summed E-state index contributed by atoms with van der Waals surface area (Å²) < 4.78 is 28.7. The molecular formula is C15H17Cl3F2N2S. The summed E-state index contributed by atoms with van der Waals surface area (Å²) in [6.45, 7) is 3.11. The fraction of sp³-hybridized carbons (Fsp3) is 0.333. The third-order valence-electron chi connectivity index (χ3n) is 3.68. The van der Waals surface area contributed by atoms with Crippen LogP contribution in [0, 0.1) is 11.6 Å². The summed E-state index contributed by atoms with van der Waals surface area (Å²) in [5.41, 5.74) is 0.0480. The molecule has 1 aromatic heterocycles. The lowest BCUT2D eigenvalue weighted by atomic mass is 10.0. The van der Waals surface area contributed by atoms with Crippen molar-refractivity contribution >= 4 is 47.8 Å². The zero-order valence-electron chi connectivity index (χ0n) is 12.1. The first kappa shape index (κ1) is 20.6. The lowest BCUT2D eigenvalue weighted by molar-refractivity contribution is 0.194. The van der Waals surface area contributed by atoms with E-state index < -0.39 is 17.7 Å². The summed E-state index contributed by atoms with van der Waals surface area (Å²) in [6, 6.07) is 5.89. The van der Waals surface area contributed by atoms with E-state index in [1.807, 2.05) is 17.5 Å². The minimum absolute atomic E-state index is 0. The Balaban J connectivity index is 0.00000132. The molecule has 2 aromatic rings. The van der Waals surface area contributed by atoms with E-state index in [4.69, 9.17) is 11.6 Å². The number of rotatable bonds is 3. The Morgan fingerprint density at radius 1 is 1.13 bits per heavy atom. The van der Waals surface area contributed by atoms with Crippen molar-refractivity contribution in [3.05, 3.63) is 56.7 Å². The summed E-state index contributed by atoms with van der Waals surface area (Å²) in [7, 11) is 0. The molecule has 1 N–H and O–H groups in total. The van der Waals surface area contributed by atoms with Gasteiger partial charge < -0.3 is 5.32 Å². The first-order valence-electron chi connectivity index (χ1n) is 6.80. The number of nitrogens with one attached hydrogen (secondary N) is 1. The van der Waals surface area contributed by atoms with Crippen molar-refractivity contribution in [2.75, 3.05) is 26.2 Å². The summed E-state index contributed by atoms with van der Waals surface area (Å²) >= 11 is 7.37. The number of benzene rings is 1. The first-order chi connectivity index (χ1) is 10.2. The third kappa shape index (κ3) is 4.35. The van der Waals surface area contributed by atoms with Gasteiger partial charge in [-0.1, -0.05) is 17.7 Å². The molecule has 8 heteroatoms. The molecule has 0 unspecified atom stereocenters. The van der Waals surface area contributed by atoms with Gasteiger partial charge in [0.2, 0.25) is 0 Å². The highest BCUT2D eigenvalue weighted by molar-refractivity contribution is 7.10. The number of halogens is 5. The predicted octanol–water partition coefficient (Wildman–Crippen LogP) is 4.52. The second-order valence-electron chi connectivity index (χ2n) is 4.96. The van der Waals surface area contributed by atoms with Crippen LogP contribution in [0.3, 0.4) is 0 Å². The lowest BCUT2D eigenvalue weighted by Gasteiger charge is -2.35. The Hall–Kier alpha value is -0.430. The van der Waals surface area contributed by atoms with E-state index in [2.05, 4.69) is 10.2 Å². The van der Waals surface area contributed by atoms with Gasteiger partial charge in [0.1, 0.15) is 11.6 Å². The molecule has 2 heterocycles. The number of piperazine rings is 1. The Bertz CT molecular complexity index is 619. The molecule has 1 saturated heterocycles. The Morgan fingerprint density at radius 2 is 1.83 bits per heavy atom. The molecular weight excluding hydrogens is 385 g/mol. The Labute approximate surface area is 155 Å². The molecule has 1 fully saturated rings. The van der Waals surface area contributed by atoms with Gasteiger partial charge in [0.25, 0.3) is 0 Å². The van der Waals surface area contributed by atoms with E-state index in [1.165, 1.54) is 23.5 Å². The van der Waals surface area contributed by atoms with E-state index in [0.29, 0.717) is 0 Å². The van der Waals surface area contributed by atoms with Gasteiger partial charge in [-0.2, -0.15) is 0 Å². The highest BCUT2D eigenvalue weighted by Gasteiger charge is 2.30. The van der Waals surface area contributed by atoms with Crippen molar-refractivity contribution in [1.82, 2.24) is 10.2 Å². The molecule has 3 rings (SSSR count). The van der Waals surface area contributed by atoms with Crippen LogP contribution in [0.1, 0.15) is 16.5 Å². The van der Waals surface area contributed by atoms with Gasteiger partial charge in [-0.05, 0) is 23.6 Å². The van der Waals surface area contributed by atoms with Crippen LogP contribution in [-0.2, 0) is 0 Å². The molecule has 23 heavy (non-hydrogen) atoms. The average molecular weight is 402 g/mol. The molecule has 0 saturated carbocycles. The fourth-order valence-corrected chi connectivity index (χ4v) is 3.72. The van der Waals surface area contributed by atoms with Crippen molar-refractivity contribution in [1.29, 1.82) is 0 Å². The molecule has 0 spiro atoms. The number of hydrogen-bond acceptors (Lipinski definition) is 3. The topological polar surface area (TPSA) is 15.3 Å². The van der Waals surface area contributed by atoms with Crippen LogP contribution < -0.4 is 5.32 Å². The molecule has 2 nitrogen and oxygen atoms in total. The van der Waals surface area contributed by atoms with Crippen LogP contribution in [0.15, 0.2) is 29.6 Å².